The molecule has 6 nitrogen and oxygen atoms in total. The quantitative estimate of drug-likeness (QED) is 0.575. The molecule has 0 heterocycles. The third-order valence-corrected chi connectivity index (χ3v) is 4.38. The number of carbonyl (C=O) groups excluding carboxylic acids is 1. The van der Waals surface area contributed by atoms with Crippen LogP contribution in [0, 0.1) is 0 Å². The first kappa shape index (κ1) is 16.4. The Labute approximate surface area is 115 Å². The van der Waals surface area contributed by atoms with Crippen molar-refractivity contribution < 1.29 is 13.2 Å². The lowest BCUT2D eigenvalue weighted by Gasteiger charge is -2.36. The highest BCUT2D eigenvalue weighted by molar-refractivity contribution is 7.88. The maximum Gasteiger partial charge on any atom is 0.221 e. The Morgan fingerprint density at radius 2 is 1.79 bits per heavy atom. The number of carbonyl (C=O) groups is 1. The van der Waals surface area contributed by atoms with Crippen LogP contribution < -0.4 is 15.4 Å². The number of amides is 1. The van der Waals surface area contributed by atoms with Gasteiger partial charge in [0.15, 0.2) is 0 Å². The monoisotopic (exact) mass is 291 g/mol. The first-order chi connectivity index (χ1) is 8.87. The zero-order valence-corrected chi connectivity index (χ0v) is 12.6. The van der Waals surface area contributed by atoms with Crippen molar-refractivity contribution in [1.29, 1.82) is 0 Å². The van der Waals surface area contributed by atoms with Gasteiger partial charge in [0.1, 0.15) is 0 Å². The summed E-state index contributed by atoms with van der Waals surface area (Å²) in [6, 6.07) is 0. The van der Waals surface area contributed by atoms with Gasteiger partial charge in [0.05, 0.1) is 6.26 Å². The molecular formula is C12H25N3O3S. The Kier molecular flexibility index (Phi) is 6.22. The van der Waals surface area contributed by atoms with Crippen LogP contribution in [-0.4, -0.2) is 46.3 Å². The van der Waals surface area contributed by atoms with E-state index in [1.807, 2.05) is 7.05 Å². The summed E-state index contributed by atoms with van der Waals surface area (Å²) in [5.74, 6) is -0.0217. The molecule has 0 bridgehead atoms. The highest BCUT2D eigenvalue weighted by Gasteiger charge is 2.32. The van der Waals surface area contributed by atoms with E-state index in [1.165, 1.54) is 6.42 Å². The molecular weight excluding hydrogens is 266 g/mol. The summed E-state index contributed by atoms with van der Waals surface area (Å²) in [6.07, 6.45) is 7.17. The molecule has 1 amide bonds. The molecule has 19 heavy (non-hydrogen) atoms. The van der Waals surface area contributed by atoms with Crippen molar-refractivity contribution in [3.8, 4) is 0 Å². The van der Waals surface area contributed by atoms with E-state index in [0.29, 0.717) is 13.0 Å². The number of sulfonamides is 1. The van der Waals surface area contributed by atoms with Crippen LogP contribution in [0.2, 0.25) is 0 Å². The maximum absolute atomic E-state index is 11.9. The minimum Gasteiger partial charge on any atom is -0.355 e. The first-order valence-corrected chi connectivity index (χ1v) is 8.66. The van der Waals surface area contributed by atoms with Crippen LogP contribution in [0.25, 0.3) is 0 Å². The van der Waals surface area contributed by atoms with Gasteiger partial charge in [-0.15, -0.1) is 0 Å². The second-order valence-corrected chi connectivity index (χ2v) is 7.12. The van der Waals surface area contributed by atoms with E-state index in [1.54, 1.807) is 0 Å². The normalized spacial score (nSPS) is 19.1. The van der Waals surface area contributed by atoms with Gasteiger partial charge in [-0.2, -0.15) is 0 Å². The van der Waals surface area contributed by atoms with E-state index < -0.39 is 10.0 Å². The fraction of sp³-hybridized carbons (Fsp3) is 0.917. The van der Waals surface area contributed by atoms with Crippen LogP contribution in [0.1, 0.15) is 38.5 Å². The summed E-state index contributed by atoms with van der Waals surface area (Å²) in [7, 11) is -1.27. The van der Waals surface area contributed by atoms with E-state index in [-0.39, 0.29) is 18.0 Å². The van der Waals surface area contributed by atoms with Gasteiger partial charge < -0.3 is 10.6 Å². The molecule has 0 radical (unpaired) electrons. The molecule has 0 aliphatic heterocycles. The fourth-order valence-electron chi connectivity index (χ4n) is 2.55. The number of nitrogens with one attached hydrogen (secondary N) is 3. The molecule has 112 valence electrons. The Balaban J connectivity index is 2.29. The van der Waals surface area contributed by atoms with Gasteiger partial charge >= 0.3 is 0 Å². The van der Waals surface area contributed by atoms with Gasteiger partial charge in [-0.05, 0) is 19.9 Å². The maximum atomic E-state index is 11.9. The second kappa shape index (κ2) is 7.21. The number of rotatable bonds is 7. The average Bonchev–Trinajstić information content (AvgIpc) is 2.35. The topological polar surface area (TPSA) is 87.3 Å². The van der Waals surface area contributed by atoms with Crippen molar-refractivity contribution in [2.45, 2.75) is 44.1 Å². The zero-order valence-electron chi connectivity index (χ0n) is 11.8. The smallest absolute Gasteiger partial charge is 0.221 e. The van der Waals surface area contributed by atoms with Crippen molar-refractivity contribution >= 4 is 15.9 Å². The van der Waals surface area contributed by atoms with Crippen molar-refractivity contribution in [2.75, 3.05) is 26.4 Å². The largest absolute Gasteiger partial charge is 0.355 e. The molecule has 1 rings (SSSR count). The van der Waals surface area contributed by atoms with Gasteiger partial charge in [-0.3, -0.25) is 4.79 Å². The van der Waals surface area contributed by atoms with Crippen LogP contribution >= 0.6 is 0 Å². The van der Waals surface area contributed by atoms with Crippen LogP contribution in [0.4, 0.5) is 0 Å². The predicted molar refractivity (Wildman–Crippen MR) is 75.3 cm³/mol. The summed E-state index contributed by atoms with van der Waals surface area (Å²) in [4.78, 5) is 11.9. The van der Waals surface area contributed by atoms with Gasteiger partial charge in [-0.25, -0.2) is 13.1 Å². The molecule has 0 saturated heterocycles. The van der Waals surface area contributed by atoms with Crippen molar-refractivity contribution in [3.05, 3.63) is 0 Å². The molecule has 0 aromatic heterocycles. The molecule has 3 N–H and O–H groups in total. The fourth-order valence-corrected chi connectivity index (χ4v) is 3.02. The highest BCUT2D eigenvalue weighted by Crippen LogP contribution is 2.30. The lowest BCUT2D eigenvalue weighted by atomic mass is 9.79. The lowest BCUT2D eigenvalue weighted by Crippen LogP contribution is -2.48. The standard InChI is InChI=1S/C12H25N3O3S/c1-13-12(6-4-3-5-7-12)10-11(16)14-8-9-15-19(2,17)18/h13,15H,3-10H2,1-2H3,(H,14,16). The third-order valence-electron chi connectivity index (χ3n) is 3.65. The summed E-state index contributed by atoms with van der Waals surface area (Å²) in [5.41, 5.74) is -0.0768. The molecule has 0 spiro atoms. The van der Waals surface area contributed by atoms with E-state index in [2.05, 4.69) is 15.4 Å². The molecule has 1 aliphatic carbocycles. The molecule has 0 aromatic carbocycles. The van der Waals surface area contributed by atoms with Gasteiger partial charge in [0, 0.05) is 25.0 Å². The minimum absolute atomic E-state index is 0.0217. The third kappa shape index (κ3) is 6.35. The van der Waals surface area contributed by atoms with Gasteiger partial charge in [-0.1, -0.05) is 19.3 Å². The summed E-state index contributed by atoms with van der Waals surface area (Å²) >= 11 is 0. The van der Waals surface area contributed by atoms with Gasteiger partial charge in [0.2, 0.25) is 15.9 Å². The molecule has 0 aromatic rings. The molecule has 0 atom stereocenters. The van der Waals surface area contributed by atoms with Crippen LogP contribution in [-0.2, 0) is 14.8 Å². The lowest BCUT2D eigenvalue weighted by molar-refractivity contribution is -0.122. The van der Waals surface area contributed by atoms with Crippen LogP contribution in [0.5, 0.6) is 0 Å². The average molecular weight is 291 g/mol. The summed E-state index contributed by atoms with van der Waals surface area (Å²) < 4.78 is 24.1. The Morgan fingerprint density at radius 1 is 1.16 bits per heavy atom. The molecule has 1 saturated carbocycles. The Morgan fingerprint density at radius 3 is 2.32 bits per heavy atom. The van der Waals surface area contributed by atoms with E-state index in [4.69, 9.17) is 0 Å². The number of hydrogen-bond acceptors (Lipinski definition) is 4. The Bertz CT molecular complexity index is 389. The minimum atomic E-state index is -3.18. The van der Waals surface area contributed by atoms with Crippen molar-refractivity contribution in [3.63, 3.8) is 0 Å². The second-order valence-electron chi connectivity index (χ2n) is 5.28. The molecule has 1 aliphatic rings. The molecule has 7 heteroatoms. The molecule has 0 unspecified atom stereocenters. The summed E-state index contributed by atoms with van der Waals surface area (Å²) in [6.45, 7) is 0.558. The van der Waals surface area contributed by atoms with Crippen molar-refractivity contribution in [1.82, 2.24) is 15.4 Å². The van der Waals surface area contributed by atoms with Crippen LogP contribution in [0.15, 0.2) is 0 Å². The molecule has 1 fully saturated rings. The highest BCUT2D eigenvalue weighted by atomic mass is 32.2. The van der Waals surface area contributed by atoms with E-state index in [0.717, 1.165) is 31.9 Å². The van der Waals surface area contributed by atoms with E-state index >= 15 is 0 Å². The first-order valence-electron chi connectivity index (χ1n) is 6.77. The Hall–Kier alpha value is -0.660. The predicted octanol–water partition coefficient (Wildman–Crippen LogP) is -0.0358. The van der Waals surface area contributed by atoms with Crippen molar-refractivity contribution in [2.24, 2.45) is 0 Å². The van der Waals surface area contributed by atoms with Crippen LogP contribution in [0.3, 0.4) is 0 Å². The number of hydrogen-bond donors (Lipinski definition) is 3. The van der Waals surface area contributed by atoms with Gasteiger partial charge in [0.25, 0.3) is 0 Å². The summed E-state index contributed by atoms with van der Waals surface area (Å²) in [5, 5.41) is 6.05. The van der Waals surface area contributed by atoms with E-state index in [9.17, 15) is 13.2 Å². The SMILES string of the molecule is CNC1(CC(=O)NCCNS(C)(=O)=O)CCCCC1. The zero-order chi connectivity index (χ0) is 14.4.